The monoisotopic (exact) mass is 965 g/mol. The third-order valence-electron chi connectivity index (χ3n) is 16.4. The summed E-state index contributed by atoms with van der Waals surface area (Å²) in [4.78, 5) is 2.26. The van der Waals surface area contributed by atoms with Crippen LogP contribution >= 0.6 is 0 Å². The number of hydrogen-bond acceptors (Lipinski definition) is 5. The summed E-state index contributed by atoms with van der Waals surface area (Å²) in [7, 11) is 0. The fourth-order valence-corrected chi connectivity index (χ4v) is 13.2. The number of para-hydroxylation sites is 6. The number of rotatable bonds is 4. The van der Waals surface area contributed by atoms with Gasteiger partial charge in [-0.1, -0.05) is 133 Å². The van der Waals surface area contributed by atoms with Crippen molar-refractivity contribution in [2.24, 2.45) is 0 Å². The van der Waals surface area contributed by atoms with E-state index in [1.54, 1.807) is 0 Å². The van der Waals surface area contributed by atoms with Gasteiger partial charge in [-0.25, -0.2) is 0 Å². The highest BCUT2D eigenvalue weighted by Crippen LogP contribution is 2.49. The second-order valence-electron chi connectivity index (χ2n) is 20.1. The molecule has 76 heavy (non-hydrogen) atoms. The molecule has 0 N–H and O–H groups in total. The van der Waals surface area contributed by atoms with Crippen molar-refractivity contribution >= 4 is 128 Å². The lowest BCUT2D eigenvalue weighted by Gasteiger charge is -2.41. The molecule has 11 aromatic carbocycles. The first-order chi connectivity index (χ1) is 37.6. The van der Waals surface area contributed by atoms with Crippen molar-refractivity contribution in [3.63, 3.8) is 0 Å². The van der Waals surface area contributed by atoms with Crippen LogP contribution in [0, 0.1) is 22.7 Å². The highest BCUT2D eigenvalue weighted by Gasteiger charge is 2.46. The third-order valence-corrected chi connectivity index (χ3v) is 16.4. The van der Waals surface area contributed by atoms with Crippen molar-refractivity contribution in [1.29, 1.82) is 10.5 Å². The Kier molecular flexibility index (Phi) is 8.10. The summed E-state index contributed by atoms with van der Waals surface area (Å²) < 4.78 is 17.1. The Morgan fingerprint density at radius 1 is 0.355 bits per heavy atom. The van der Waals surface area contributed by atoms with Crippen LogP contribution in [0.3, 0.4) is 0 Å². The van der Waals surface area contributed by atoms with E-state index in [1.165, 1.54) is 0 Å². The van der Waals surface area contributed by atoms with Crippen LogP contribution < -0.4 is 21.3 Å². The zero-order chi connectivity index (χ0) is 49.9. The Hall–Kier alpha value is -10.5. The highest BCUT2D eigenvalue weighted by atomic mass is 16.3. The zero-order valence-corrected chi connectivity index (χ0v) is 40.4. The fourth-order valence-electron chi connectivity index (χ4n) is 13.2. The second kappa shape index (κ2) is 15.0. The zero-order valence-electron chi connectivity index (χ0n) is 40.4. The van der Waals surface area contributed by atoms with Gasteiger partial charge in [0, 0.05) is 60.0 Å². The number of benzene rings is 11. The maximum Gasteiger partial charge on any atom is 0.252 e. The molecule has 15 aromatic rings. The fraction of sp³-hybridized carbons (Fsp3) is 0. The van der Waals surface area contributed by atoms with Gasteiger partial charge in [-0.15, -0.1) is 0 Å². The molecule has 0 bridgehead atoms. The minimum Gasteiger partial charge on any atom is -0.456 e. The maximum absolute atomic E-state index is 12.2. The molecular weight excluding hydrogens is 930 g/mol. The molecular formula is C68H36BN5O2. The molecule has 0 atom stereocenters. The van der Waals surface area contributed by atoms with E-state index in [1.807, 2.05) is 54.6 Å². The topological polar surface area (TPSA) is 87.0 Å². The van der Waals surface area contributed by atoms with Crippen molar-refractivity contribution in [3.05, 3.63) is 230 Å². The van der Waals surface area contributed by atoms with Gasteiger partial charge in [-0.05, 0) is 124 Å². The molecule has 4 aromatic heterocycles. The van der Waals surface area contributed by atoms with Gasteiger partial charge in [0.05, 0.1) is 33.6 Å². The first-order valence-corrected chi connectivity index (χ1v) is 25.6. The molecule has 2 aliphatic rings. The first-order valence-electron chi connectivity index (χ1n) is 25.6. The number of nitrogens with zero attached hydrogens (tertiary/aromatic N) is 5. The quantitative estimate of drug-likeness (QED) is 0.164. The minimum absolute atomic E-state index is 0.271. The predicted octanol–water partition coefficient (Wildman–Crippen LogP) is 15.4. The normalized spacial score (nSPS) is 12.7. The molecule has 2 aliphatic heterocycles. The molecule has 0 spiro atoms. The van der Waals surface area contributed by atoms with Crippen LogP contribution in [-0.4, -0.2) is 15.8 Å². The Morgan fingerprint density at radius 2 is 0.842 bits per heavy atom. The van der Waals surface area contributed by atoms with Crippen molar-refractivity contribution in [3.8, 4) is 45.8 Å². The standard InChI is InChI=1S/C68H36BN5O2/c70-37-52-65(53(38-71)68-64-67(52)72(43-13-2-1-3-14-43)59-22-9-7-19-54(59)69(64)55-20-12-18-47-44-15-4-8-21-56(44)74(68)66(47)55)73-57-29-25-39(41-27-31-62-50(35-41)45-16-5-10-23-60(45)75-62)33-48(57)49-34-40(26-30-58(49)73)42-28-32-63-51(36-42)46-17-6-11-24-61(46)76-63/h1-36H. The van der Waals surface area contributed by atoms with E-state index < -0.39 is 0 Å². The lowest BCUT2D eigenvalue weighted by Crippen LogP contribution is -2.61. The van der Waals surface area contributed by atoms with Gasteiger partial charge in [0.25, 0.3) is 6.71 Å². The van der Waals surface area contributed by atoms with E-state index >= 15 is 0 Å². The Morgan fingerprint density at radius 3 is 1.49 bits per heavy atom. The van der Waals surface area contributed by atoms with Crippen LogP contribution in [0.2, 0.25) is 0 Å². The summed E-state index contributed by atoms with van der Waals surface area (Å²) in [5.74, 6) is 0. The summed E-state index contributed by atoms with van der Waals surface area (Å²) in [5, 5.41) is 32.8. The summed E-state index contributed by atoms with van der Waals surface area (Å²) >= 11 is 0. The summed E-state index contributed by atoms with van der Waals surface area (Å²) in [6.45, 7) is -0.271. The molecule has 0 amide bonds. The van der Waals surface area contributed by atoms with E-state index in [9.17, 15) is 10.5 Å². The molecule has 0 radical (unpaired) electrons. The lowest BCUT2D eigenvalue weighted by molar-refractivity contribution is 0.668. The lowest BCUT2D eigenvalue weighted by atomic mass is 9.33. The summed E-state index contributed by atoms with van der Waals surface area (Å²) in [6.07, 6.45) is 0. The molecule has 0 aliphatic carbocycles. The van der Waals surface area contributed by atoms with Crippen LogP contribution in [0.4, 0.5) is 17.1 Å². The van der Waals surface area contributed by atoms with E-state index in [4.69, 9.17) is 8.83 Å². The molecule has 7 nitrogen and oxygen atoms in total. The number of hydrogen-bond donors (Lipinski definition) is 0. The number of aromatic nitrogens is 2. The second-order valence-corrected chi connectivity index (χ2v) is 20.1. The van der Waals surface area contributed by atoms with Crippen LogP contribution in [0.15, 0.2) is 227 Å². The Labute approximate surface area is 434 Å². The van der Waals surface area contributed by atoms with Gasteiger partial charge in [-0.2, -0.15) is 10.5 Å². The number of furan rings is 2. The van der Waals surface area contributed by atoms with E-state index in [0.717, 1.165) is 149 Å². The third kappa shape index (κ3) is 5.33. The van der Waals surface area contributed by atoms with Crippen molar-refractivity contribution in [2.45, 2.75) is 0 Å². The molecule has 0 fully saturated rings. The molecule has 8 heteroatoms. The molecule has 0 saturated carbocycles. The van der Waals surface area contributed by atoms with Crippen molar-refractivity contribution < 1.29 is 8.83 Å². The van der Waals surface area contributed by atoms with Crippen LogP contribution in [0.25, 0.3) is 121 Å². The summed E-state index contributed by atoms with van der Waals surface area (Å²) in [6, 6.07) is 82.1. The maximum atomic E-state index is 12.2. The van der Waals surface area contributed by atoms with Gasteiger partial charge < -0.3 is 22.9 Å². The molecule has 0 unspecified atom stereocenters. The van der Waals surface area contributed by atoms with Crippen LogP contribution in [0.1, 0.15) is 11.1 Å². The van der Waals surface area contributed by atoms with Crippen molar-refractivity contribution in [1.82, 2.24) is 9.13 Å². The number of anilines is 3. The van der Waals surface area contributed by atoms with E-state index in [2.05, 4.69) is 190 Å². The minimum atomic E-state index is -0.271. The van der Waals surface area contributed by atoms with Crippen molar-refractivity contribution in [2.75, 3.05) is 4.90 Å². The Bertz CT molecular complexity index is 5010. The molecule has 6 heterocycles. The first kappa shape index (κ1) is 41.0. The average molecular weight is 966 g/mol. The number of nitriles is 2. The smallest absolute Gasteiger partial charge is 0.252 e. The van der Waals surface area contributed by atoms with Gasteiger partial charge in [0.1, 0.15) is 45.6 Å². The largest absolute Gasteiger partial charge is 0.456 e. The van der Waals surface area contributed by atoms with Crippen LogP contribution in [0.5, 0.6) is 0 Å². The predicted molar refractivity (Wildman–Crippen MR) is 309 cm³/mol. The molecule has 17 rings (SSSR count). The van der Waals surface area contributed by atoms with E-state index in [-0.39, 0.29) is 6.71 Å². The van der Waals surface area contributed by atoms with E-state index in [0.29, 0.717) is 16.8 Å². The van der Waals surface area contributed by atoms with Gasteiger partial charge in [-0.3, -0.25) is 0 Å². The van der Waals surface area contributed by atoms with Gasteiger partial charge >= 0.3 is 0 Å². The van der Waals surface area contributed by atoms with Gasteiger partial charge in [0.15, 0.2) is 0 Å². The van der Waals surface area contributed by atoms with Crippen LogP contribution in [-0.2, 0) is 0 Å². The summed E-state index contributed by atoms with van der Waals surface area (Å²) in [5.41, 5.74) is 19.4. The SMILES string of the molecule is N#Cc1c2c3c(c(C#N)c1-n1c4ccc(-c5ccc6oc7ccccc7c6c5)cc4c4cc(-c5ccc6oc7ccccc7c6c5)ccc41)-n1c4ccccc4c4cccc(c41)B3c1ccccc1N2c1ccccc1. The highest BCUT2D eigenvalue weighted by molar-refractivity contribution is 7.00. The average Bonchev–Trinajstić information content (AvgIpc) is 4.36. The Balaban J connectivity index is 1.01. The molecule has 0 saturated heterocycles. The number of fused-ring (bicyclic) bond motifs is 16. The van der Waals surface area contributed by atoms with Gasteiger partial charge in [0.2, 0.25) is 0 Å². The molecule has 348 valence electrons.